The number of hydrogen-bond acceptors (Lipinski definition) is 2. The number of rotatable bonds is 5. The molecule has 110 valence electrons. The van der Waals surface area contributed by atoms with Crippen LogP contribution in [0.2, 0.25) is 0 Å². The van der Waals surface area contributed by atoms with Crippen molar-refractivity contribution in [2.24, 2.45) is 0 Å². The van der Waals surface area contributed by atoms with Crippen molar-refractivity contribution in [2.75, 3.05) is 0 Å². The lowest BCUT2D eigenvalue weighted by molar-refractivity contribution is -0.121. The Morgan fingerprint density at radius 2 is 1.90 bits per heavy atom. The van der Waals surface area contributed by atoms with Gasteiger partial charge in [-0.1, -0.05) is 6.07 Å². The molecule has 1 aromatic carbocycles. The second-order valence-corrected chi connectivity index (χ2v) is 4.82. The van der Waals surface area contributed by atoms with Gasteiger partial charge in [0.25, 0.3) is 0 Å². The molecule has 0 unspecified atom stereocenters. The van der Waals surface area contributed by atoms with Crippen LogP contribution >= 0.6 is 0 Å². The molecule has 2 rings (SSSR count). The van der Waals surface area contributed by atoms with Crippen LogP contribution in [0.1, 0.15) is 30.5 Å². The van der Waals surface area contributed by atoms with Crippen molar-refractivity contribution in [2.45, 2.75) is 25.8 Å². The van der Waals surface area contributed by atoms with Gasteiger partial charge in [0.15, 0.2) is 11.6 Å². The first-order valence-electron chi connectivity index (χ1n) is 6.69. The van der Waals surface area contributed by atoms with Gasteiger partial charge in [0, 0.05) is 18.8 Å². The molecule has 0 aliphatic heterocycles. The summed E-state index contributed by atoms with van der Waals surface area (Å²) in [6, 6.07) is 7.22. The molecule has 0 aliphatic rings. The number of carbonyl (C=O) groups is 1. The first kappa shape index (κ1) is 15.1. The van der Waals surface area contributed by atoms with Gasteiger partial charge in [-0.2, -0.15) is 0 Å². The summed E-state index contributed by atoms with van der Waals surface area (Å²) in [7, 11) is 0. The van der Waals surface area contributed by atoms with E-state index in [0.29, 0.717) is 12.0 Å². The van der Waals surface area contributed by atoms with Gasteiger partial charge in [0.1, 0.15) is 0 Å². The van der Waals surface area contributed by atoms with Crippen LogP contribution in [-0.4, -0.2) is 10.9 Å². The molecule has 0 aliphatic carbocycles. The number of benzene rings is 1. The van der Waals surface area contributed by atoms with Crippen molar-refractivity contribution in [3.63, 3.8) is 0 Å². The van der Waals surface area contributed by atoms with Gasteiger partial charge < -0.3 is 5.32 Å². The number of aryl methyl sites for hydroxylation is 1. The molecule has 0 saturated carbocycles. The summed E-state index contributed by atoms with van der Waals surface area (Å²) in [6.07, 6.45) is 3.92. The van der Waals surface area contributed by atoms with E-state index < -0.39 is 11.6 Å². The van der Waals surface area contributed by atoms with Crippen molar-refractivity contribution in [3.8, 4) is 0 Å². The smallest absolute Gasteiger partial charge is 0.220 e. The van der Waals surface area contributed by atoms with E-state index in [4.69, 9.17) is 0 Å². The molecule has 5 heteroatoms. The molecule has 1 aromatic heterocycles. The number of nitrogens with one attached hydrogen (secondary N) is 1. The first-order valence-corrected chi connectivity index (χ1v) is 6.69. The maximum absolute atomic E-state index is 13.1. The lowest BCUT2D eigenvalue weighted by Gasteiger charge is -2.14. The summed E-state index contributed by atoms with van der Waals surface area (Å²) in [5, 5.41) is 2.86. The fourth-order valence-corrected chi connectivity index (χ4v) is 2.00. The second-order valence-electron chi connectivity index (χ2n) is 4.82. The van der Waals surface area contributed by atoms with Gasteiger partial charge in [-0.25, -0.2) is 8.78 Å². The molecule has 1 N–H and O–H groups in total. The van der Waals surface area contributed by atoms with Gasteiger partial charge in [-0.15, -0.1) is 0 Å². The average molecular weight is 290 g/mol. The Hall–Kier alpha value is -2.30. The Morgan fingerprint density at radius 1 is 1.19 bits per heavy atom. The highest BCUT2D eigenvalue weighted by Gasteiger charge is 2.10. The molecule has 0 spiro atoms. The molecule has 1 atom stereocenters. The summed E-state index contributed by atoms with van der Waals surface area (Å²) in [6.45, 7) is 1.88. The predicted octanol–water partition coefficient (Wildman–Crippen LogP) is 3.17. The van der Waals surface area contributed by atoms with Crippen LogP contribution in [-0.2, 0) is 11.2 Å². The van der Waals surface area contributed by atoms with Gasteiger partial charge in [-0.3, -0.25) is 9.78 Å². The topological polar surface area (TPSA) is 42.0 Å². The molecule has 0 bridgehead atoms. The molecule has 21 heavy (non-hydrogen) atoms. The number of aromatic nitrogens is 1. The van der Waals surface area contributed by atoms with E-state index in [1.54, 1.807) is 12.4 Å². The lowest BCUT2D eigenvalue weighted by Crippen LogP contribution is -2.26. The first-order chi connectivity index (χ1) is 10.1. The third-order valence-corrected chi connectivity index (χ3v) is 3.21. The molecule has 0 saturated heterocycles. The summed E-state index contributed by atoms with van der Waals surface area (Å²) >= 11 is 0. The maximum Gasteiger partial charge on any atom is 0.220 e. The number of hydrogen-bond donors (Lipinski definition) is 1. The fraction of sp³-hybridized carbons (Fsp3) is 0.250. The zero-order valence-corrected chi connectivity index (χ0v) is 11.6. The summed E-state index contributed by atoms with van der Waals surface area (Å²) in [4.78, 5) is 15.8. The minimum absolute atomic E-state index is 0.120. The van der Waals surface area contributed by atoms with Gasteiger partial charge in [0.2, 0.25) is 5.91 Å². The predicted molar refractivity (Wildman–Crippen MR) is 75.5 cm³/mol. The van der Waals surface area contributed by atoms with Crippen LogP contribution in [0.25, 0.3) is 0 Å². The van der Waals surface area contributed by atoms with Crippen LogP contribution in [0, 0.1) is 11.6 Å². The molecule has 1 amide bonds. The van der Waals surface area contributed by atoms with E-state index in [9.17, 15) is 13.6 Å². The van der Waals surface area contributed by atoms with Gasteiger partial charge >= 0.3 is 0 Å². The Kier molecular flexibility index (Phi) is 4.98. The van der Waals surface area contributed by atoms with Crippen LogP contribution in [0.4, 0.5) is 8.78 Å². The lowest BCUT2D eigenvalue weighted by atomic mass is 10.1. The van der Waals surface area contributed by atoms with E-state index in [1.165, 1.54) is 6.07 Å². The maximum atomic E-state index is 13.1. The van der Waals surface area contributed by atoms with Gasteiger partial charge in [-0.05, 0) is 48.7 Å². The van der Waals surface area contributed by atoms with Crippen molar-refractivity contribution in [3.05, 3.63) is 65.5 Å². The highest BCUT2D eigenvalue weighted by molar-refractivity contribution is 5.76. The molecule has 0 fully saturated rings. The fourth-order valence-electron chi connectivity index (χ4n) is 2.00. The zero-order chi connectivity index (χ0) is 15.2. The summed E-state index contributed by atoms with van der Waals surface area (Å²) in [5.74, 6) is -1.91. The van der Waals surface area contributed by atoms with E-state index >= 15 is 0 Å². The number of pyridine rings is 1. The Labute approximate surface area is 122 Å². The zero-order valence-electron chi connectivity index (χ0n) is 11.6. The van der Waals surface area contributed by atoms with E-state index in [2.05, 4.69) is 10.3 Å². The number of halogens is 2. The Bertz CT molecular complexity index is 617. The normalized spacial score (nSPS) is 12.0. The number of amides is 1. The van der Waals surface area contributed by atoms with Crippen LogP contribution in [0.5, 0.6) is 0 Å². The van der Waals surface area contributed by atoms with E-state index in [1.807, 2.05) is 19.1 Å². The monoisotopic (exact) mass is 290 g/mol. The van der Waals surface area contributed by atoms with Crippen molar-refractivity contribution in [1.82, 2.24) is 10.3 Å². The van der Waals surface area contributed by atoms with Crippen LogP contribution < -0.4 is 5.32 Å². The third kappa shape index (κ3) is 4.34. The molecule has 1 heterocycles. The molecular formula is C16H16F2N2O. The Morgan fingerprint density at radius 3 is 2.57 bits per heavy atom. The van der Waals surface area contributed by atoms with Crippen LogP contribution in [0.3, 0.4) is 0 Å². The van der Waals surface area contributed by atoms with E-state index in [-0.39, 0.29) is 18.4 Å². The number of nitrogens with zero attached hydrogens (tertiary/aromatic N) is 1. The SMILES string of the molecule is C[C@@H](NC(=O)CCc1ccc(F)c(F)c1)c1ccncc1. The van der Waals surface area contributed by atoms with Crippen molar-refractivity contribution >= 4 is 5.91 Å². The summed E-state index contributed by atoms with van der Waals surface area (Å²) < 4.78 is 25.9. The largest absolute Gasteiger partial charge is 0.350 e. The van der Waals surface area contributed by atoms with Crippen LogP contribution in [0.15, 0.2) is 42.7 Å². The highest BCUT2D eigenvalue weighted by Crippen LogP contribution is 2.12. The van der Waals surface area contributed by atoms with Gasteiger partial charge in [0.05, 0.1) is 6.04 Å². The number of carbonyl (C=O) groups excluding carboxylic acids is 1. The highest BCUT2D eigenvalue weighted by atomic mass is 19.2. The molecule has 3 nitrogen and oxygen atoms in total. The van der Waals surface area contributed by atoms with Crippen molar-refractivity contribution < 1.29 is 13.6 Å². The minimum atomic E-state index is -0.891. The summed E-state index contributed by atoms with van der Waals surface area (Å²) in [5.41, 5.74) is 1.56. The third-order valence-electron chi connectivity index (χ3n) is 3.21. The standard InChI is InChI=1S/C16H16F2N2O/c1-11(13-6-8-19-9-7-13)20-16(21)5-3-12-2-4-14(17)15(18)10-12/h2,4,6-11H,3,5H2,1H3,(H,20,21)/t11-/m1/s1. The average Bonchev–Trinajstić information content (AvgIpc) is 2.49. The quantitative estimate of drug-likeness (QED) is 0.919. The van der Waals surface area contributed by atoms with Crippen molar-refractivity contribution in [1.29, 1.82) is 0 Å². The molecule has 0 radical (unpaired) electrons. The second kappa shape index (κ2) is 6.92. The Balaban J connectivity index is 1.86. The van der Waals surface area contributed by atoms with E-state index in [0.717, 1.165) is 17.7 Å². The molecule has 2 aromatic rings. The minimum Gasteiger partial charge on any atom is -0.350 e. The molecular weight excluding hydrogens is 274 g/mol.